The van der Waals surface area contributed by atoms with E-state index in [0.717, 1.165) is 11.1 Å². The fourth-order valence-electron chi connectivity index (χ4n) is 10.4. The minimum Gasteiger partial charge on any atom is -0.462 e. The van der Waals surface area contributed by atoms with E-state index < -0.39 is 86.7 Å². The Morgan fingerprint density at radius 2 is 0.774 bits per heavy atom. The first-order valence-corrected chi connectivity index (χ1v) is 27.1. The zero-order valence-electron chi connectivity index (χ0n) is 45.3. The van der Waals surface area contributed by atoms with Crippen LogP contribution in [0.25, 0.3) is 90.9 Å². The molecule has 0 aliphatic carbocycles. The number of amides is 2. The van der Waals surface area contributed by atoms with E-state index in [4.69, 9.17) is 40.4 Å². The lowest BCUT2D eigenvalue weighted by Gasteiger charge is -2.39. The average molecular weight is 1140 g/mol. The quantitative estimate of drug-likeness (QED) is 0.0723. The third-order valence-electron chi connectivity index (χ3n) is 15.0. The topological polar surface area (TPSA) is 366 Å². The van der Waals surface area contributed by atoms with E-state index in [0.29, 0.717) is 89.6 Å². The van der Waals surface area contributed by atoms with Crippen LogP contribution in [0.15, 0.2) is 121 Å². The predicted octanol–water partition coefficient (Wildman–Crippen LogP) is 4.25. The van der Waals surface area contributed by atoms with Crippen molar-refractivity contribution in [1.29, 1.82) is 0 Å². The van der Waals surface area contributed by atoms with Crippen molar-refractivity contribution in [3.8, 4) is 56.0 Å². The molecule has 84 heavy (non-hydrogen) atoms. The van der Waals surface area contributed by atoms with Gasteiger partial charge < -0.3 is 91.9 Å². The van der Waals surface area contributed by atoms with Gasteiger partial charge in [-0.3, -0.25) is 9.59 Å². The molecule has 22 nitrogen and oxygen atoms in total. The molecule has 434 valence electrons. The van der Waals surface area contributed by atoms with E-state index in [2.05, 4.69) is 20.6 Å². The molecule has 8 bridgehead atoms. The van der Waals surface area contributed by atoms with Crippen molar-refractivity contribution in [3.63, 3.8) is 0 Å². The van der Waals surface area contributed by atoms with Crippen molar-refractivity contribution in [3.05, 3.63) is 144 Å². The highest BCUT2D eigenvalue weighted by Crippen LogP contribution is 2.40. The Hall–Kier alpha value is -8.46. The van der Waals surface area contributed by atoms with Crippen molar-refractivity contribution in [1.82, 2.24) is 19.9 Å². The number of hydrogen-bond acceptors (Lipinski definition) is 18. The third-order valence-corrected chi connectivity index (χ3v) is 15.0. The standard InChI is InChI=1S/C62H62N8O14/c1-29(63)59(79)65-35-11-3-31(4-12-35)49-39-19-23-43(67-39)51(33-7-15-37(16-8-33)81-61-57(77)55(75)53(73)47(27-71)83-61)45-25-21-41(69-45)50(32-5-13-36(14-6-32)66-60(80)30(2)64)42-22-26-46(70-42)52(44-24-20-40(49)68-44)34-9-17-38(18-10-34)82-62-58(78)56(76)54(74)48(28-72)84-62/h3-26,29-30,47-48,53-58,61-62,67-68,71-78H,27-28,63-64H2,1-2H3,(H,65,79)(H,66,80)/t29?,30?,47-,48-,53-,54-,55+,56+,57-,58-,61-,62-/m1/s1. The number of ether oxygens (including phenoxy) is 4. The van der Waals surface area contributed by atoms with E-state index >= 15 is 0 Å². The maximum Gasteiger partial charge on any atom is 0.240 e. The van der Waals surface area contributed by atoms with Crippen LogP contribution in [0.2, 0.25) is 0 Å². The maximum absolute atomic E-state index is 12.7. The smallest absolute Gasteiger partial charge is 0.240 e. The second-order valence-electron chi connectivity index (χ2n) is 20.9. The molecule has 0 radical (unpaired) electrons. The first-order chi connectivity index (χ1) is 40.5. The summed E-state index contributed by atoms with van der Waals surface area (Å²) in [6.07, 6.45) is -7.28. The molecule has 2 amide bonds. The van der Waals surface area contributed by atoms with Gasteiger partial charge in [-0.15, -0.1) is 0 Å². The fraction of sp³-hybridized carbons (Fsp3) is 0.258. The molecular weight excluding hydrogens is 1080 g/mol. The minimum absolute atomic E-state index is 0.252. The largest absolute Gasteiger partial charge is 0.462 e. The van der Waals surface area contributed by atoms with Gasteiger partial charge in [0.05, 0.1) is 48.1 Å². The number of anilines is 2. The monoisotopic (exact) mass is 1140 g/mol. The molecule has 3 aromatic heterocycles. The molecule has 2 saturated heterocycles. The number of nitrogens with two attached hydrogens (primary N) is 2. The Balaban J connectivity index is 1.11. The summed E-state index contributed by atoms with van der Waals surface area (Å²) in [5, 5.41) is 88.6. The number of carbonyl (C=O) groups excluding carboxylic acids is 2. The fourth-order valence-corrected chi connectivity index (χ4v) is 10.4. The van der Waals surface area contributed by atoms with Crippen LogP contribution < -0.4 is 31.6 Å². The van der Waals surface area contributed by atoms with E-state index in [1.165, 1.54) is 0 Å². The summed E-state index contributed by atoms with van der Waals surface area (Å²) in [6, 6.07) is 34.7. The lowest BCUT2D eigenvalue weighted by molar-refractivity contribution is -0.277. The van der Waals surface area contributed by atoms with Crippen LogP contribution in [0.4, 0.5) is 11.4 Å². The molecular formula is C62H62N8O14. The molecule has 0 spiro atoms. The van der Waals surface area contributed by atoms with Gasteiger partial charge in [0, 0.05) is 55.7 Å². The minimum atomic E-state index is -1.64. The lowest BCUT2D eigenvalue weighted by Crippen LogP contribution is -2.60. The number of aromatic amines is 2. The number of aromatic nitrogens is 4. The molecule has 4 aliphatic heterocycles. The summed E-state index contributed by atoms with van der Waals surface area (Å²) in [7, 11) is 0. The number of fused-ring (bicyclic) bond motifs is 8. The van der Waals surface area contributed by atoms with Crippen LogP contribution in [-0.2, 0) is 19.1 Å². The van der Waals surface area contributed by atoms with Crippen LogP contribution in [0.5, 0.6) is 11.5 Å². The van der Waals surface area contributed by atoms with Gasteiger partial charge in [-0.1, -0.05) is 48.5 Å². The molecule has 16 N–H and O–H groups in total. The van der Waals surface area contributed by atoms with Crippen molar-refractivity contribution < 1.29 is 69.4 Å². The van der Waals surface area contributed by atoms with Crippen LogP contribution in [-0.4, -0.2) is 159 Å². The molecule has 7 heterocycles. The normalized spacial score (nSPS) is 23.6. The van der Waals surface area contributed by atoms with Gasteiger partial charge >= 0.3 is 0 Å². The second kappa shape index (κ2) is 24.0. The third kappa shape index (κ3) is 11.5. The molecule has 22 heteroatoms. The summed E-state index contributed by atoms with van der Waals surface area (Å²) in [5.41, 5.74) is 23.2. The Morgan fingerprint density at radius 3 is 1.12 bits per heavy atom. The number of benzene rings is 4. The highest BCUT2D eigenvalue weighted by molar-refractivity contribution is 6.01. The SMILES string of the molecule is CC(N)C(=O)Nc1ccc(-c2c3nc(c(-c4ccc(O[C@@H]5O[C@H](CO)[C@@H](O)[C@H](O)[C@H]5O)cc4)c4ccc([nH]4)c(-c4ccc(NC(=O)C(C)N)cc4)c4ccc([nH]4)c(-c4ccc(O[C@@H]5O[C@H](CO)[C@@H](O)[C@H](O)[C@H]5O)cc4)c4nc2C=C4)C=C3)cc1. The number of rotatable bonds is 14. The van der Waals surface area contributed by atoms with Gasteiger partial charge in [0.25, 0.3) is 0 Å². The van der Waals surface area contributed by atoms with Gasteiger partial charge in [0.1, 0.15) is 60.3 Å². The number of hydrogen-bond donors (Lipinski definition) is 14. The maximum atomic E-state index is 12.7. The summed E-state index contributed by atoms with van der Waals surface area (Å²) in [5.74, 6) is -0.206. The number of carbonyl (C=O) groups is 2. The lowest BCUT2D eigenvalue weighted by atomic mass is 9.99. The summed E-state index contributed by atoms with van der Waals surface area (Å²) in [6.45, 7) is 1.95. The summed E-state index contributed by atoms with van der Waals surface area (Å²) >= 11 is 0. The van der Waals surface area contributed by atoms with Crippen LogP contribution in [0, 0.1) is 0 Å². The molecule has 4 aliphatic rings. The van der Waals surface area contributed by atoms with Gasteiger partial charge in [-0.2, -0.15) is 0 Å². The van der Waals surface area contributed by atoms with Crippen LogP contribution in [0.1, 0.15) is 36.6 Å². The average Bonchev–Trinajstić information content (AvgIpc) is 3.75. The number of aliphatic hydroxyl groups excluding tert-OH is 8. The molecule has 11 rings (SSSR count). The number of nitrogens with zero attached hydrogens (tertiary/aromatic N) is 2. The highest BCUT2D eigenvalue weighted by Gasteiger charge is 2.46. The molecule has 7 aromatic rings. The predicted molar refractivity (Wildman–Crippen MR) is 314 cm³/mol. The number of H-pyrrole nitrogens is 2. The van der Waals surface area contributed by atoms with Crippen molar-refractivity contribution in [2.45, 2.75) is 87.3 Å². The van der Waals surface area contributed by atoms with Crippen LogP contribution >= 0.6 is 0 Å². The van der Waals surface area contributed by atoms with Crippen LogP contribution in [0.3, 0.4) is 0 Å². The molecule has 12 atom stereocenters. The molecule has 4 aromatic carbocycles. The molecule has 2 fully saturated rings. The Labute approximate surface area is 480 Å². The van der Waals surface area contributed by atoms with Gasteiger partial charge in [-0.05, 0) is 133 Å². The Bertz CT molecular complexity index is 3630. The zero-order chi connectivity index (χ0) is 59.1. The van der Waals surface area contributed by atoms with Crippen molar-refractivity contribution in [2.24, 2.45) is 11.5 Å². The first kappa shape index (κ1) is 57.4. The van der Waals surface area contributed by atoms with E-state index in [9.17, 15) is 50.4 Å². The second-order valence-corrected chi connectivity index (χ2v) is 20.9. The zero-order valence-corrected chi connectivity index (χ0v) is 45.3. The van der Waals surface area contributed by atoms with E-state index in [1.54, 1.807) is 86.6 Å². The van der Waals surface area contributed by atoms with E-state index in [1.807, 2.05) is 72.8 Å². The van der Waals surface area contributed by atoms with E-state index in [-0.39, 0.29) is 23.3 Å². The highest BCUT2D eigenvalue weighted by atomic mass is 16.7. The van der Waals surface area contributed by atoms with Gasteiger partial charge in [0.2, 0.25) is 24.4 Å². The molecule has 0 saturated carbocycles. The Morgan fingerprint density at radius 1 is 0.464 bits per heavy atom. The summed E-state index contributed by atoms with van der Waals surface area (Å²) in [4.78, 5) is 43.4. The van der Waals surface area contributed by atoms with Gasteiger partial charge in [-0.25, -0.2) is 9.97 Å². The number of nitrogens with one attached hydrogen (secondary N) is 4. The van der Waals surface area contributed by atoms with Gasteiger partial charge in [0.15, 0.2) is 0 Å². The molecule has 2 unspecified atom stereocenters. The first-order valence-electron chi connectivity index (χ1n) is 27.1. The van der Waals surface area contributed by atoms with Crippen molar-refractivity contribution in [2.75, 3.05) is 23.8 Å². The Kier molecular flexibility index (Phi) is 16.4. The number of aliphatic hydroxyl groups is 8. The van der Waals surface area contributed by atoms with Crippen molar-refractivity contribution >= 4 is 69.6 Å². The summed E-state index contributed by atoms with van der Waals surface area (Å²) < 4.78 is 23.3.